The summed E-state index contributed by atoms with van der Waals surface area (Å²) in [4.78, 5) is 14.1. The molecule has 3 atom stereocenters. The van der Waals surface area contributed by atoms with Crippen molar-refractivity contribution in [3.8, 4) is 5.75 Å². The van der Waals surface area contributed by atoms with Gasteiger partial charge in [0.15, 0.2) is 6.10 Å². The number of hydrogen-bond acceptors (Lipinski definition) is 3. The highest BCUT2D eigenvalue weighted by molar-refractivity contribution is 5.82. The van der Waals surface area contributed by atoms with Crippen molar-refractivity contribution in [2.24, 2.45) is 0 Å². The Morgan fingerprint density at radius 3 is 2.52 bits per heavy atom. The van der Waals surface area contributed by atoms with E-state index in [-0.39, 0.29) is 18.1 Å². The first-order chi connectivity index (χ1) is 11.1. The highest BCUT2D eigenvalue weighted by Gasteiger charge is 2.33. The van der Waals surface area contributed by atoms with Gasteiger partial charge in [-0.1, -0.05) is 48.5 Å². The van der Waals surface area contributed by atoms with Gasteiger partial charge in [0.2, 0.25) is 0 Å². The van der Waals surface area contributed by atoms with E-state index in [4.69, 9.17) is 4.74 Å². The molecule has 0 unspecified atom stereocenters. The minimum Gasteiger partial charge on any atom is -0.488 e. The normalized spacial score (nSPS) is 18.7. The number of carbonyl (C=O) groups is 1. The summed E-state index contributed by atoms with van der Waals surface area (Å²) in [5.41, 5.74) is 1.76. The quantitative estimate of drug-likeness (QED) is 0.944. The molecule has 0 radical (unpaired) electrons. The summed E-state index contributed by atoms with van der Waals surface area (Å²) >= 11 is 0. The maximum Gasteiger partial charge on any atom is 0.256 e. The zero-order chi connectivity index (χ0) is 16.4. The molecule has 2 aromatic rings. The summed E-state index contributed by atoms with van der Waals surface area (Å²) in [7, 11) is 1.71. The van der Waals surface area contributed by atoms with E-state index in [9.17, 15) is 9.90 Å². The van der Waals surface area contributed by atoms with E-state index in [0.717, 1.165) is 17.7 Å². The van der Waals surface area contributed by atoms with E-state index in [1.807, 2.05) is 49.4 Å². The molecule has 0 spiro atoms. The molecule has 1 aliphatic rings. The summed E-state index contributed by atoms with van der Waals surface area (Å²) < 4.78 is 5.95. The van der Waals surface area contributed by atoms with Crippen LogP contribution in [0.5, 0.6) is 5.75 Å². The number of aliphatic hydroxyl groups excluding tert-OH is 1. The molecule has 0 aliphatic carbocycles. The van der Waals surface area contributed by atoms with Gasteiger partial charge >= 0.3 is 0 Å². The van der Waals surface area contributed by atoms with Gasteiger partial charge in [-0.05, 0) is 24.1 Å². The van der Waals surface area contributed by atoms with Crippen LogP contribution in [0.2, 0.25) is 0 Å². The van der Waals surface area contributed by atoms with Crippen molar-refractivity contribution >= 4 is 5.91 Å². The molecule has 1 heterocycles. The summed E-state index contributed by atoms with van der Waals surface area (Å²) in [6.07, 6.45) is -0.465. The van der Waals surface area contributed by atoms with Crippen molar-refractivity contribution in [2.75, 3.05) is 7.05 Å². The van der Waals surface area contributed by atoms with Crippen LogP contribution in [0.4, 0.5) is 0 Å². The first-order valence-corrected chi connectivity index (χ1v) is 7.82. The Bertz CT molecular complexity index is 661. The smallest absolute Gasteiger partial charge is 0.256 e. The monoisotopic (exact) mass is 311 g/mol. The van der Waals surface area contributed by atoms with E-state index < -0.39 is 6.10 Å². The first kappa shape index (κ1) is 15.6. The summed E-state index contributed by atoms with van der Waals surface area (Å²) in [5.74, 6) is 0.567. The van der Waals surface area contributed by atoms with Crippen LogP contribution in [0.1, 0.15) is 24.2 Å². The lowest BCUT2D eigenvalue weighted by Crippen LogP contribution is -2.46. The van der Waals surface area contributed by atoms with Crippen LogP contribution >= 0.6 is 0 Å². The molecule has 23 heavy (non-hydrogen) atoms. The van der Waals surface area contributed by atoms with Gasteiger partial charge in [0, 0.05) is 13.5 Å². The number of likely N-dealkylation sites (N-methyl/N-ethyl adjacent to an activating group) is 1. The van der Waals surface area contributed by atoms with Crippen LogP contribution in [0, 0.1) is 0 Å². The number of ether oxygens (including phenoxy) is 1. The number of nitrogens with zero attached hydrogens (tertiary/aromatic N) is 1. The number of rotatable bonds is 4. The van der Waals surface area contributed by atoms with Crippen LogP contribution in [0.15, 0.2) is 54.6 Å². The molecule has 4 heteroatoms. The Morgan fingerprint density at radius 1 is 1.17 bits per heavy atom. The second-order valence-electron chi connectivity index (χ2n) is 5.97. The van der Waals surface area contributed by atoms with Gasteiger partial charge in [0.25, 0.3) is 5.91 Å². The van der Waals surface area contributed by atoms with Crippen LogP contribution in [0.25, 0.3) is 0 Å². The number of carbonyl (C=O) groups excluding carboxylic acids is 1. The molecular formula is C19H21NO3. The topological polar surface area (TPSA) is 49.8 Å². The Morgan fingerprint density at radius 2 is 1.83 bits per heavy atom. The number of amides is 1. The fourth-order valence-corrected chi connectivity index (χ4v) is 2.90. The van der Waals surface area contributed by atoms with E-state index in [1.54, 1.807) is 24.1 Å². The average molecular weight is 311 g/mol. The van der Waals surface area contributed by atoms with Gasteiger partial charge in [-0.25, -0.2) is 0 Å². The SMILES string of the molecule is C[C@@H]([C@@H]1Cc2ccccc2O1)N(C)C(=O)[C@@H](O)c1ccccc1. The molecule has 0 saturated heterocycles. The largest absolute Gasteiger partial charge is 0.488 e. The van der Waals surface area contributed by atoms with Gasteiger partial charge in [-0.2, -0.15) is 0 Å². The predicted molar refractivity (Wildman–Crippen MR) is 88.2 cm³/mol. The molecule has 0 saturated carbocycles. The van der Waals surface area contributed by atoms with Crippen LogP contribution in [-0.2, 0) is 11.2 Å². The lowest BCUT2D eigenvalue weighted by atomic mass is 10.0. The van der Waals surface area contributed by atoms with Crippen molar-refractivity contribution in [3.05, 3.63) is 65.7 Å². The number of aliphatic hydroxyl groups is 1. The Labute approximate surface area is 136 Å². The van der Waals surface area contributed by atoms with E-state index in [1.165, 1.54) is 0 Å². The van der Waals surface area contributed by atoms with Gasteiger partial charge in [0.1, 0.15) is 11.9 Å². The zero-order valence-electron chi connectivity index (χ0n) is 13.3. The third kappa shape index (κ3) is 3.08. The van der Waals surface area contributed by atoms with Crippen molar-refractivity contribution in [2.45, 2.75) is 31.6 Å². The molecule has 0 fully saturated rings. The summed E-state index contributed by atoms with van der Waals surface area (Å²) in [6, 6.07) is 16.8. The van der Waals surface area contributed by atoms with Crippen molar-refractivity contribution < 1.29 is 14.6 Å². The van der Waals surface area contributed by atoms with Crippen molar-refractivity contribution in [1.82, 2.24) is 4.90 Å². The summed E-state index contributed by atoms with van der Waals surface area (Å²) in [5, 5.41) is 10.3. The van der Waals surface area contributed by atoms with Gasteiger partial charge in [-0.3, -0.25) is 4.79 Å². The molecule has 120 valence electrons. The molecule has 0 bridgehead atoms. The molecule has 0 aromatic heterocycles. The highest BCUT2D eigenvalue weighted by Crippen LogP contribution is 2.31. The fraction of sp³-hybridized carbons (Fsp3) is 0.316. The maximum absolute atomic E-state index is 12.5. The average Bonchev–Trinajstić information content (AvgIpc) is 3.04. The second kappa shape index (κ2) is 6.42. The lowest BCUT2D eigenvalue weighted by Gasteiger charge is -2.30. The third-order valence-corrected chi connectivity index (χ3v) is 4.52. The molecule has 3 rings (SSSR count). The first-order valence-electron chi connectivity index (χ1n) is 7.82. The van der Waals surface area contributed by atoms with Crippen molar-refractivity contribution in [1.29, 1.82) is 0 Å². The molecule has 1 amide bonds. The number of para-hydroxylation sites is 1. The summed E-state index contributed by atoms with van der Waals surface area (Å²) in [6.45, 7) is 1.95. The number of hydrogen-bond donors (Lipinski definition) is 1. The van der Waals surface area contributed by atoms with Crippen LogP contribution < -0.4 is 4.74 Å². The zero-order valence-corrected chi connectivity index (χ0v) is 13.3. The minimum atomic E-state index is -1.15. The Hall–Kier alpha value is -2.33. The van der Waals surface area contributed by atoms with E-state index in [2.05, 4.69) is 0 Å². The maximum atomic E-state index is 12.5. The highest BCUT2D eigenvalue weighted by atomic mass is 16.5. The molecule has 4 nitrogen and oxygen atoms in total. The standard InChI is InChI=1S/C19H21NO3/c1-13(17-12-15-10-6-7-11-16(15)23-17)20(2)19(22)18(21)14-8-4-3-5-9-14/h3-11,13,17-18,21H,12H2,1-2H3/t13-,17-,18-/m0/s1. The molecule has 1 aliphatic heterocycles. The molecule has 1 N–H and O–H groups in total. The Balaban J connectivity index is 1.68. The van der Waals surface area contributed by atoms with E-state index in [0.29, 0.717) is 5.56 Å². The number of fused-ring (bicyclic) bond motifs is 1. The minimum absolute atomic E-state index is 0.0932. The van der Waals surface area contributed by atoms with Crippen LogP contribution in [-0.4, -0.2) is 35.1 Å². The third-order valence-electron chi connectivity index (χ3n) is 4.52. The van der Waals surface area contributed by atoms with Gasteiger partial charge in [-0.15, -0.1) is 0 Å². The second-order valence-corrected chi connectivity index (χ2v) is 5.97. The Kier molecular flexibility index (Phi) is 4.35. The fourth-order valence-electron chi connectivity index (χ4n) is 2.90. The van der Waals surface area contributed by atoms with Crippen molar-refractivity contribution in [3.63, 3.8) is 0 Å². The predicted octanol–water partition coefficient (Wildman–Crippen LogP) is 2.57. The van der Waals surface area contributed by atoms with E-state index >= 15 is 0 Å². The van der Waals surface area contributed by atoms with Gasteiger partial charge < -0.3 is 14.7 Å². The molecular weight excluding hydrogens is 290 g/mol. The lowest BCUT2D eigenvalue weighted by molar-refractivity contribution is -0.142. The van der Waals surface area contributed by atoms with Gasteiger partial charge in [0.05, 0.1) is 6.04 Å². The van der Waals surface area contributed by atoms with Crippen LogP contribution in [0.3, 0.4) is 0 Å². The number of benzene rings is 2. The molecule has 2 aromatic carbocycles.